The van der Waals surface area contributed by atoms with E-state index in [9.17, 15) is 8.42 Å². The van der Waals surface area contributed by atoms with Crippen molar-refractivity contribution in [1.29, 1.82) is 0 Å². The van der Waals surface area contributed by atoms with Crippen molar-refractivity contribution < 1.29 is 36.3 Å². The molecule has 0 aromatic rings. The lowest BCUT2D eigenvalue weighted by Crippen LogP contribution is -2.57. The number of hydrogen-bond donors (Lipinski definition) is 0. The first-order valence-electron chi connectivity index (χ1n) is 7.94. The largest absolute Gasteiger partial charge is 0.342 e. The monoisotopic (exact) mass is 364 g/mol. The molecule has 0 bridgehead atoms. The standard InChI is InChI=1S/C15H24O8S/c1-6-19-24(16,17)8-7-15-12(22-14(4,5)23-15)11-10(9-18-15)20-13(2,3)21-11/h7-8,10-12H,6,9H2,1-5H3/b8-7+/t10-,11-,12+,15+/m1/s1. The topological polar surface area (TPSA) is 89.5 Å². The molecule has 3 heterocycles. The lowest BCUT2D eigenvalue weighted by molar-refractivity contribution is -0.253. The van der Waals surface area contributed by atoms with Gasteiger partial charge in [-0.25, -0.2) is 0 Å². The van der Waals surface area contributed by atoms with Crippen molar-refractivity contribution in [2.45, 2.75) is 70.3 Å². The van der Waals surface area contributed by atoms with Gasteiger partial charge in [-0.1, -0.05) is 0 Å². The molecule has 3 aliphatic rings. The van der Waals surface area contributed by atoms with E-state index < -0.39 is 39.7 Å². The van der Waals surface area contributed by atoms with E-state index in [-0.39, 0.29) is 19.3 Å². The lowest BCUT2D eigenvalue weighted by atomic mass is 9.97. The van der Waals surface area contributed by atoms with Crippen LogP contribution < -0.4 is 0 Å². The molecule has 0 aliphatic carbocycles. The molecular formula is C15H24O8S. The third kappa shape index (κ3) is 3.39. The second-order valence-corrected chi connectivity index (χ2v) is 8.41. The van der Waals surface area contributed by atoms with Crippen LogP contribution >= 0.6 is 0 Å². The van der Waals surface area contributed by atoms with E-state index in [4.69, 9.17) is 27.9 Å². The fraction of sp³-hybridized carbons (Fsp3) is 0.867. The minimum absolute atomic E-state index is 0.0443. The number of rotatable bonds is 4. The van der Waals surface area contributed by atoms with E-state index in [2.05, 4.69) is 0 Å². The van der Waals surface area contributed by atoms with Gasteiger partial charge in [0.2, 0.25) is 5.79 Å². The van der Waals surface area contributed by atoms with E-state index in [1.165, 1.54) is 6.08 Å². The maximum absolute atomic E-state index is 11.8. The highest BCUT2D eigenvalue weighted by atomic mass is 32.2. The summed E-state index contributed by atoms with van der Waals surface area (Å²) in [6.45, 7) is 8.92. The molecule has 0 radical (unpaired) electrons. The van der Waals surface area contributed by atoms with Gasteiger partial charge in [-0.2, -0.15) is 8.42 Å². The summed E-state index contributed by atoms with van der Waals surface area (Å²) in [5, 5.41) is 0.940. The molecule has 0 saturated carbocycles. The van der Waals surface area contributed by atoms with Gasteiger partial charge in [-0.3, -0.25) is 4.18 Å². The van der Waals surface area contributed by atoms with Crippen molar-refractivity contribution in [1.82, 2.24) is 0 Å². The molecule has 0 unspecified atom stereocenters. The van der Waals surface area contributed by atoms with E-state index in [1.54, 1.807) is 20.8 Å². The van der Waals surface area contributed by atoms with Crippen LogP contribution in [0.1, 0.15) is 34.6 Å². The summed E-state index contributed by atoms with van der Waals surface area (Å²) in [4.78, 5) is 0. The molecular weight excluding hydrogens is 340 g/mol. The second-order valence-electron chi connectivity index (χ2n) is 6.91. The third-order valence-corrected chi connectivity index (χ3v) is 4.99. The van der Waals surface area contributed by atoms with Crippen LogP contribution in [0.5, 0.6) is 0 Å². The molecule has 9 heteroatoms. The molecule has 0 N–H and O–H groups in total. The molecule has 138 valence electrons. The van der Waals surface area contributed by atoms with Crippen molar-refractivity contribution >= 4 is 10.1 Å². The summed E-state index contributed by atoms with van der Waals surface area (Å²) in [5.41, 5.74) is 0. The highest BCUT2D eigenvalue weighted by Crippen LogP contribution is 2.48. The van der Waals surface area contributed by atoms with Crippen LogP contribution in [0.15, 0.2) is 11.5 Å². The number of fused-ring (bicyclic) bond motifs is 3. The summed E-state index contributed by atoms with van der Waals surface area (Å²) in [5.74, 6) is -3.11. The van der Waals surface area contributed by atoms with Gasteiger partial charge in [-0.15, -0.1) is 0 Å². The van der Waals surface area contributed by atoms with Gasteiger partial charge in [0.1, 0.15) is 18.3 Å². The van der Waals surface area contributed by atoms with Crippen LogP contribution in [-0.4, -0.2) is 57.3 Å². The second kappa shape index (κ2) is 5.73. The molecule has 0 aromatic carbocycles. The Morgan fingerprint density at radius 2 is 1.83 bits per heavy atom. The number of ether oxygens (including phenoxy) is 5. The van der Waals surface area contributed by atoms with Gasteiger partial charge >= 0.3 is 0 Å². The minimum Gasteiger partial charge on any atom is -0.342 e. The molecule has 24 heavy (non-hydrogen) atoms. The van der Waals surface area contributed by atoms with E-state index in [1.807, 2.05) is 13.8 Å². The van der Waals surface area contributed by atoms with Gasteiger partial charge in [0.05, 0.1) is 18.6 Å². The van der Waals surface area contributed by atoms with Crippen LogP contribution in [0.2, 0.25) is 0 Å². The zero-order valence-corrected chi connectivity index (χ0v) is 15.3. The minimum atomic E-state index is -3.83. The third-order valence-electron chi connectivity index (χ3n) is 3.95. The molecule has 0 spiro atoms. The van der Waals surface area contributed by atoms with Gasteiger partial charge in [-0.05, 0) is 40.7 Å². The van der Waals surface area contributed by atoms with Gasteiger partial charge in [0, 0.05) is 0 Å². The molecule has 3 aliphatic heterocycles. The van der Waals surface area contributed by atoms with Crippen molar-refractivity contribution in [3.8, 4) is 0 Å². The van der Waals surface area contributed by atoms with E-state index >= 15 is 0 Å². The predicted molar refractivity (Wildman–Crippen MR) is 82.2 cm³/mol. The Labute approximate surface area is 142 Å². The van der Waals surface area contributed by atoms with Crippen molar-refractivity contribution in [2.24, 2.45) is 0 Å². The van der Waals surface area contributed by atoms with E-state index in [0.29, 0.717) is 0 Å². The average molecular weight is 364 g/mol. The summed E-state index contributed by atoms with van der Waals surface area (Å²) in [6.07, 6.45) is -0.0916. The Kier molecular flexibility index (Phi) is 4.36. The van der Waals surface area contributed by atoms with Crippen molar-refractivity contribution in [2.75, 3.05) is 13.2 Å². The zero-order valence-electron chi connectivity index (χ0n) is 14.5. The fourth-order valence-electron chi connectivity index (χ4n) is 3.28. The Bertz CT molecular complexity index is 625. The van der Waals surface area contributed by atoms with E-state index in [0.717, 1.165) is 5.41 Å². The van der Waals surface area contributed by atoms with Crippen LogP contribution in [0, 0.1) is 0 Å². The molecule has 3 rings (SSSR count). The smallest absolute Gasteiger partial charge is 0.289 e. The zero-order chi connectivity index (χ0) is 17.8. The summed E-state index contributed by atoms with van der Waals surface area (Å²) >= 11 is 0. The Morgan fingerprint density at radius 1 is 1.12 bits per heavy atom. The van der Waals surface area contributed by atoms with Gasteiger partial charge in [0.15, 0.2) is 11.6 Å². The Hall–Kier alpha value is -0.550. The highest BCUT2D eigenvalue weighted by Gasteiger charge is 2.64. The molecule has 3 saturated heterocycles. The predicted octanol–water partition coefficient (Wildman–Crippen LogP) is 1.26. The summed E-state index contributed by atoms with van der Waals surface area (Å²) in [6, 6.07) is 0. The van der Waals surface area contributed by atoms with Crippen molar-refractivity contribution in [3.05, 3.63) is 11.5 Å². The Balaban J connectivity index is 1.91. The SMILES string of the molecule is CCOS(=O)(=O)/C=C/[C@@]12OC[C@H]3OC(C)(C)O[C@H]3[C@@H]1OC(C)(C)O2. The highest BCUT2D eigenvalue weighted by molar-refractivity contribution is 7.89. The fourth-order valence-corrected chi connectivity index (χ4v) is 4.04. The molecule has 3 fully saturated rings. The average Bonchev–Trinajstić information content (AvgIpc) is 2.88. The van der Waals surface area contributed by atoms with Crippen molar-refractivity contribution in [3.63, 3.8) is 0 Å². The maximum atomic E-state index is 11.8. The lowest BCUT2D eigenvalue weighted by Gasteiger charge is -2.38. The van der Waals surface area contributed by atoms with Gasteiger partial charge < -0.3 is 23.7 Å². The molecule has 0 amide bonds. The van der Waals surface area contributed by atoms with Crippen LogP contribution in [0.3, 0.4) is 0 Å². The molecule has 4 atom stereocenters. The summed E-state index contributed by atoms with van der Waals surface area (Å²) < 4.78 is 57.8. The summed E-state index contributed by atoms with van der Waals surface area (Å²) in [7, 11) is -3.83. The first-order chi connectivity index (χ1) is 11.0. The van der Waals surface area contributed by atoms with Crippen LogP contribution in [-0.2, 0) is 38.0 Å². The quantitative estimate of drug-likeness (QED) is 0.689. The Morgan fingerprint density at radius 3 is 2.50 bits per heavy atom. The first kappa shape index (κ1) is 18.2. The number of hydrogen-bond acceptors (Lipinski definition) is 8. The van der Waals surface area contributed by atoms with Gasteiger partial charge in [0.25, 0.3) is 10.1 Å². The molecule has 0 aromatic heterocycles. The molecule has 8 nitrogen and oxygen atoms in total. The normalized spacial score (nSPS) is 40.6. The van der Waals surface area contributed by atoms with Crippen LogP contribution in [0.25, 0.3) is 0 Å². The maximum Gasteiger partial charge on any atom is 0.289 e. The first-order valence-corrected chi connectivity index (χ1v) is 9.41. The van der Waals surface area contributed by atoms with Crippen LogP contribution in [0.4, 0.5) is 0 Å².